The van der Waals surface area contributed by atoms with Crippen molar-refractivity contribution in [3.8, 4) is 0 Å². The Hall–Kier alpha value is -0.530. The Kier molecular flexibility index (Phi) is 3.57. The van der Waals surface area contributed by atoms with Crippen LogP contribution in [0.15, 0.2) is 0 Å². The van der Waals surface area contributed by atoms with E-state index in [1.165, 1.54) is 26.2 Å². The molecule has 2 heteroatoms. The van der Waals surface area contributed by atoms with E-state index in [0.717, 1.165) is 6.42 Å². The van der Waals surface area contributed by atoms with Gasteiger partial charge in [-0.05, 0) is 24.7 Å². The average Bonchev–Trinajstić information content (AvgIpc) is 2.01. The van der Waals surface area contributed by atoms with Crippen LogP contribution in [0.1, 0.15) is 53.4 Å². The van der Waals surface area contributed by atoms with Crippen molar-refractivity contribution in [2.24, 2.45) is 11.3 Å². The molecule has 0 aromatic rings. The van der Waals surface area contributed by atoms with Crippen molar-refractivity contribution in [3.05, 3.63) is 0 Å². The van der Waals surface area contributed by atoms with Gasteiger partial charge in [-0.25, -0.2) is 0 Å². The fourth-order valence-electron chi connectivity index (χ4n) is 2.44. The smallest absolute Gasteiger partial charge is 0.302 e. The van der Waals surface area contributed by atoms with Gasteiger partial charge in [0.15, 0.2) is 0 Å². The topological polar surface area (TPSA) is 26.3 Å². The highest BCUT2D eigenvalue weighted by molar-refractivity contribution is 5.66. The summed E-state index contributed by atoms with van der Waals surface area (Å²) in [5.41, 5.74) is 0.251. The van der Waals surface area contributed by atoms with Crippen LogP contribution in [-0.4, -0.2) is 12.1 Å². The van der Waals surface area contributed by atoms with Crippen molar-refractivity contribution in [3.63, 3.8) is 0 Å². The van der Waals surface area contributed by atoms with Gasteiger partial charge in [0.05, 0.1) is 0 Å². The Labute approximate surface area is 87.0 Å². The number of esters is 1. The molecule has 0 aromatic carbocycles. The maximum absolute atomic E-state index is 11.0. The molecule has 0 aliphatic heterocycles. The summed E-state index contributed by atoms with van der Waals surface area (Å²) < 4.78 is 5.39. The number of carbonyl (C=O) groups excluding carboxylic acids is 1. The molecule has 1 fully saturated rings. The molecule has 0 amide bonds. The standard InChI is InChI=1S/C12H22O2/c1-9(13)14-11-8-6-5-7-10(11)12(2,3)4/h10-11H,5-8H2,1-4H3/t10-,11-/m0/s1. The summed E-state index contributed by atoms with van der Waals surface area (Å²) in [6.45, 7) is 8.22. The predicted molar refractivity (Wildman–Crippen MR) is 57.0 cm³/mol. The first kappa shape index (κ1) is 11.5. The van der Waals surface area contributed by atoms with E-state index >= 15 is 0 Å². The van der Waals surface area contributed by atoms with Crippen molar-refractivity contribution in [1.82, 2.24) is 0 Å². The zero-order valence-corrected chi connectivity index (χ0v) is 9.80. The third-order valence-corrected chi connectivity index (χ3v) is 3.13. The SMILES string of the molecule is CC(=O)O[C@H]1CCCC[C@@H]1C(C)(C)C. The number of hydrogen-bond acceptors (Lipinski definition) is 2. The monoisotopic (exact) mass is 198 g/mol. The van der Waals surface area contributed by atoms with E-state index < -0.39 is 0 Å². The third kappa shape index (κ3) is 3.00. The van der Waals surface area contributed by atoms with Gasteiger partial charge in [-0.3, -0.25) is 4.79 Å². The van der Waals surface area contributed by atoms with Crippen LogP contribution in [0.4, 0.5) is 0 Å². The first-order valence-corrected chi connectivity index (χ1v) is 5.58. The van der Waals surface area contributed by atoms with E-state index in [4.69, 9.17) is 4.74 Å². The van der Waals surface area contributed by atoms with Gasteiger partial charge in [0, 0.05) is 12.8 Å². The molecule has 0 spiro atoms. The van der Waals surface area contributed by atoms with Crippen LogP contribution < -0.4 is 0 Å². The molecule has 0 radical (unpaired) electrons. The molecule has 0 bridgehead atoms. The van der Waals surface area contributed by atoms with E-state index in [9.17, 15) is 4.79 Å². The van der Waals surface area contributed by atoms with Gasteiger partial charge in [-0.1, -0.05) is 27.2 Å². The second kappa shape index (κ2) is 4.33. The molecule has 0 heterocycles. The minimum absolute atomic E-state index is 0.133. The second-order valence-electron chi connectivity index (χ2n) is 5.40. The van der Waals surface area contributed by atoms with Crippen molar-refractivity contribution >= 4 is 5.97 Å². The molecule has 2 nitrogen and oxygen atoms in total. The lowest BCUT2D eigenvalue weighted by Gasteiger charge is -2.39. The number of carbonyl (C=O) groups is 1. The third-order valence-electron chi connectivity index (χ3n) is 3.13. The molecule has 1 aliphatic carbocycles. The van der Waals surface area contributed by atoms with Crippen LogP contribution >= 0.6 is 0 Å². The molecule has 1 rings (SSSR count). The lowest BCUT2D eigenvalue weighted by molar-refractivity contribution is -0.153. The molecule has 0 aromatic heterocycles. The van der Waals surface area contributed by atoms with Crippen molar-refractivity contribution in [2.45, 2.75) is 59.5 Å². The molecular weight excluding hydrogens is 176 g/mol. The molecule has 0 unspecified atom stereocenters. The van der Waals surface area contributed by atoms with Crippen LogP contribution in [0.25, 0.3) is 0 Å². The molecule has 2 atom stereocenters. The number of ether oxygens (including phenoxy) is 1. The molecule has 1 aliphatic rings. The summed E-state index contributed by atoms with van der Waals surface area (Å²) in [7, 11) is 0. The normalized spacial score (nSPS) is 28.6. The first-order chi connectivity index (χ1) is 6.41. The Bertz CT molecular complexity index is 203. The van der Waals surface area contributed by atoms with E-state index in [2.05, 4.69) is 20.8 Å². The maximum Gasteiger partial charge on any atom is 0.302 e. The zero-order chi connectivity index (χ0) is 10.8. The summed E-state index contributed by atoms with van der Waals surface area (Å²) in [6, 6.07) is 0. The Morgan fingerprint density at radius 1 is 1.21 bits per heavy atom. The van der Waals surface area contributed by atoms with Crippen LogP contribution in [-0.2, 0) is 9.53 Å². The van der Waals surface area contributed by atoms with Gasteiger partial charge in [-0.2, -0.15) is 0 Å². The summed E-state index contributed by atoms with van der Waals surface area (Å²) in [5, 5.41) is 0. The maximum atomic E-state index is 11.0. The second-order valence-corrected chi connectivity index (χ2v) is 5.40. The van der Waals surface area contributed by atoms with Gasteiger partial charge >= 0.3 is 5.97 Å². The minimum Gasteiger partial charge on any atom is -0.462 e. The van der Waals surface area contributed by atoms with Gasteiger partial charge < -0.3 is 4.74 Å². The molecule has 0 saturated heterocycles. The van der Waals surface area contributed by atoms with E-state index in [0.29, 0.717) is 5.92 Å². The average molecular weight is 198 g/mol. The fraction of sp³-hybridized carbons (Fsp3) is 0.917. The van der Waals surface area contributed by atoms with Gasteiger partial charge in [0.2, 0.25) is 0 Å². The van der Waals surface area contributed by atoms with Crippen LogP contribution in [0.2, 0.25) is 0 Å². The lowest BCUT2D eigenvalue weighted by Crippen LogP contribution is -2.37. The van der Waals surface area contributed by atoms with Crippen LogP contribution in [0, 0.1) is 11.3 Å². The quantitative estimate of drug-likeness (QED) is 0.605. The van der Waals surface area contributed by atoms with Gasteiger partial charge in [0.1, 0.15) is 6.10 Å². The Morgan fingerprint density at radius 3 is 2.29 bits per heavy atom. The van der Waals surface area contributed by atoms with E-state index in [-0.39, 0.29) is 17.5 Å². The molecule has 0 N–H and O–H groups in total. The number of hydrogen-bond donors (Lipinski definition) is 0. The van der Waals surface area contributed by atoms with Gasteiger partial charge in [0.25, 0.3) is 0 Å². The predicted octanol–water partition coefficient (Wildman–Crippen LogP) is 3.15. The number of rotatable bonds is 1. The summed E-state index contributed by atoms with van der Waals surface area (Å²) >= 11 is 0. The Balaban J connectivity index is 2.64. The molecule has 1 saturated carbocycles. The van der Waals surface area contributed by atoms with E-state index in [1.54, 1.807) is 0 Å². The summed E-state index contributed by atoms with van der Waals surface area (Å²) in [5.74, 6) is 0.395. The first-order valence-electron chi connectivity index (χ1n) is 5.58. The fourth-order valence-corrected chi connectivity index (χ4v) is 2.44. The van der Waals surface area contributed by atoms with Gasteiger partial charge in [-0.15, -0.1) is 0 Å². The molecule has 82 valence electrons. The zero-order valence-electron chi connectivity index (χ0n) is 9.80. The largest absolute Gasteiger partial charge is 0.462 e. The molecular formula is C12H22O2. The van der Waals surface area contributed by atoms with E-state index in [1.807, 2.05) is 0 Å². The lowest BCUT2D eigenvalue weighted by atomic mass is 9.71. The van der Waals surface area contributed by atoms with Crippen LogP contribution in [0.5, 0.6) is 0 Å². The minimum atomic E-state index is -0.133. The molecule has 14 heavy (non-hydrogen) atoms. The van der Waals surface area contributed by atoms with Crippen LogP contribution in [0.3, 0.4) is 0 Å². The summed E-state index contributed by atoms with van der Waals surface area (Å²) in [4.78, 5) is 11.0. The highest BCUT2D eigenvalue weighted by Gasteiger charge is 2.35. The summed E-state index contributed by atoms with van der Waals surface area (Å²) in [6.07, 6.45) is 4.87. The van der Waals surface area contributed by atoms with Crippen molar-refractivity contribution in [1.29, 1.82) is 0 Å². The highest BCUT2D eigenvalue weighted by Crippen LogP contribution is 2.39. The van der Waals surface area contributed by atoms with Crippen molar-refractivity contribution < 1.29 is 9.53 Å². The Morgan fingerprint density at radius 2 is 1.79 bits per heavy atom. The van der Waals surface area contributed by atoms with Crippen molar-refractivity contribution in [2.75, 3.05) is 0 Å². The highest BCUT2D eigenvalue weighted by atomic mass is 16.5.